The first-order valence-corrected chi connectivity index (χ1v) is 9.18. The van der Waals surface area contributed by atoms with E-state index in [1.54, 1.807) is 4.90 Å². The number of carboxylic acids is 2. The summed E-state index contributed by atoms with van der Waals surface area (Å²) in [5, 5.41) is 17.9. The highest BCUT2D eigenvalue weighted by Crippen LogP contribution is 2.15. The van der Waals surface area contributed by atoms with E-state index in [9.17, 15) is 19.2 Å². The molecule has 28 heavy (non-hydrogen) atoms. The molecule has 0 aliphatic carbocycles. The van der Waals surface area contributed by atoms with Crippen LogP contribution in [0.1, 0.15) is 27.7 Å². The summed E-state index contributed by atoms with van der Waals surface area (Å²) in [6.45, 7) is 9.35. The van der Waals surface area contributed by atoms with Gasteiger partial charge in [-0.2, -0.15) is 0 Å². The molecule has 0 bridgehead atoms. The minimum absolute atomic E-state index is 0.0303. The van der Waals surface area contributed by atoms with E-state index in [0.29, 0.717) is 26.2 Å². The normalized spacial score (nSPS) is 11.8. The molecule has 2 N–H and O–H groups in total. The fourth-order valence-electron chi connectivity index (χ4n) is 2.33. The fraction of sp³-hybridized carbons (Fsp3) is 0.778. The SMILES string of the molecule is CCN(CCN(CCN(COC=O)CC(=O)O)CC(=O)C(C)(C)C)CC(=O)O. The Hall–Kier alpha value is -2.04. The molecular weight excluding hydrogens is 370 g/mol. The molecule has 0 aliphatic heterocycles. The largest absolute Gasteiger partial charge is 0.480 e. The van der Waals surface area contributed by atoms with E-state index >= 15 is 0 Å². The van der Waals surface area contributed by atoms with Gasteiger partial charge in [-0.05, 0) is 6.54 Å². The standard InChI is InChI=1S/C18H33N3O7/c1-5-19(11-16(24)25)6-7-20(10-15(23)18(2,3)4)8-9-21(12-17(26)27)13-28-14-22/h14H,5-13H2,1-4H3,(H,24,25)(H,26,27). The number of carboxylic acid groups (broad SMARTS) is 2. The Morgan fingerprint density at radius 2 is 1.32 bits per heavy atom. The lowest BCUT2D eigenvalue weighted by atomic mass is 9.90. The Morgan fingerprint density at radius 1 is 0.857 bits per heavy atom. The van der Waals surface area contributed by atoms with Gasteiger partial charge in [0.05, 0.1) is 19.6 Å². The van der Waals surface area contributed by atoms with Crippen LogP contribution in [0.15, 0.2) is 0 Å². The van der Waals surface area contributed by atoms with Crippen molar-refractivity contribution in [3.05, 3.63) is 0 Å². The predicted octanol–water partition coefficient (Wildman–Crippen LogP) is -0.173. The summed E-state index contributed by atoms with van der Waals surface area (Å²) < 4.78 is 4.65. The molecule has 0 aromatic carbocycles. The second-order valence-corrected chi connectivity index (χ2v) is 7.55. The zero-order valence-electron chi connectivity index (χ0n) is 17.2. The van der Waals surface area contributed by atoms with Gasteiger partial charge in [0.2, 0.25) is 0 Å². The summed E-state index contributed by atoms with van der Waals surface area (Å²) in [6, 6.07) is 0. The monoisotopic (exact) mass is 403 g/mol. The zero-order chi connectivity index (χ0) is 21.7. The van der Waals surface area contributed by atoms with Crippen LogP contribution in [0.3, 0.4) is 0 Å². The van der Waals surface area contributed by atoms with Crippen molar-refractivity contribution in [2.75, 3.05) is 59.1 Å². The molecule has 0 unspecified atom stereocenters. The predicted molar refractivity (Wildman–Crippen MR) is 102 cm³/mol. The van der Waals surface area contributed by atoms with E-state index in [0.717, 1.165) is 0 Å². The van der Waals surface area contributed by atoms with E-state index in [4.69, 9.17) is 10.2 Å². The van der Waals surface area contributed by atoms with Crippen molar-refractivity contribution in [1.29, 1.82) is 0 Å². The second-order valence-electron chi connectivity index (χ2n) is 7.55. The van der Waals surface area contributed by atoms with Gasteiger partial charge in [0.1, 0.15) is 6.73 Å². The summed E-state index contributed by atoms with van der Waals surface area (Å²) in [7, 11) is 0. The highest BCUT2D eigenvalue weighted by molar-refractivity contribution is 5.85. The van der Waals surface area contributed by atoms with Crippen molar-refractivity contribution < 1.29 is 34.1 Å². The smallest absolute Gasteiger partial charge is 0.317 e. The van der Waals surface area contributed by atoms with Crippen LogP contribution in [-0.2, 0) is 23.9 Å². The lowest BCUT2D eigenvalue weighted by Gasteiger charge is -2.30. The van der Waals surface area contributed by atoms with Gasteiger partial charge in [-0.25, -0.2) is 0 Å². The van der Waals surface area contributed by atoms with E-state index < -0.39 is 17.4 Å². The maximum atomic E-state index is 12.4. The van der Waals surface area contributed by atoms with Crippen LogP contribution in [0.5, 0.6) is 0 Å². The van der Waals surface area contributed by atoms with E-state index in [-0.39, 0.29) is 45.2 Å². The van der Waals surface area contributed by atoms with Crippen molar-refractivity contribution in [3.63, 3.8) is 0 Å². The molecule has 0 aliphatic rings. The molecule has 10 heteroatoms. The Labute approximate surface area is 166 Å². The first-order valence-electron chi connectivity index (χ1n) is 9.18. The number of carbonyl (C=O) groups excluding carboxylic acids is 2. The minimum atomic E-state index is -1.05. The summed E-state index contributed by atoms with van der Waals surface area (Å²) in [4.78, 5) is 49.8. The molecule has 0 spiro atoms. The third-order valence-electron chi connectivity index (χ3n) is 4.16. The van der Waals surface area contributed by atoms with Crippen molar-refractivity contribution >= 4 is 24.2 Å². The number of carbonyl (C=O) groups is 4. The first kappa shape index (κ1) is 26.0. The Balaban J connectivity index is 4.98. The number of Topliss-reactive ketones (excluding diaryl/α,β-unsaturated/α-hetero) is 1. The van der Waals surface area contributed by atoms with Crippen LogP contribution in [0.25, 0.3) is 0 Å². The molecule has 0 atom stereocenters. The molecular formula is C18H33N3O7. The van der Waals surface area contributed by atoms with Crippen molar-refractivity contribution in [3.8, 4) is 0 Å². The van der Waals surface area contributed by atoms with Gasteiger partial charge in [-0.3, -0.25) is 33.9 Å². The van der Waals surface area contributed by atoms with Crippen molar-refractivity contribution in [2.24, 2.45) is 5.41 Å². The summed E-state index contributed by atoms with van der Waals surface area (Å²) in [6.07, 6.45) is 0. The number of rotatable bonds is 16. The molecule has 0 saturated carbocycles. The molecule has 0 fully saturated rings. The first-order chi connectivity index (χ1) is 13.0. The van der Waals surface area contributed by atoms with Crippen LogP contribution < -0.4 is 0 Å². The highest BCUT2D eigenvalue weighted by Gasteiger charge is 2.24. The van der Waals surface area contributed by atoms with Crippen LogP contribution in [-0.4, -0.2) is 108 Å². The lowest BCUT2D eigenvalue weighted by molar-refractivity contribution is -0.143. The van der Waals surface area contributed by atoms with Crippen molar-refractivity contribution in [2.45, 2.75) is 27.7 Å². The third kappa shape index (κ3) is 12.4. The maximum Gasteiger partial charge on any atom is 0.317 e. The number of hydrogen-bond donors (Lipinski definition) is 2. The molecule has 0 saturated heterocycles. The molecule has 0 aromatic heterocycles. The van der Waals surface area contributed by atoms with E-state index in [2.05, 4.69) is 4.74 Å². The molecule has 0 amide bonds. The Kier molecular flexibility index (Phi) is 12.2. The molecule has 10 nitrogen and oxygen atoms in total. The molecule has 162 valence electrons. The van der Waals surface area contributed by atoms with E-state index in [1.807, 2.05) is 32.6 Å². The molecule has 0 rings (SSSR count). The van der Waals surface area contributed by atoms with Gasteiger partial charge < -0.3 is 14.9 Å². The van der Waals surface area contributed by atoms with Gasteiger partial charge in [0, 0.05) is 31.6 Å². The third-order valence-corrected chi connectivity index (χ3v) is 4.16. The minimum Gasteiger partial charge on any atom is -0.480 e. The van der Waals surface area contributed by atoms with Crippen molar-refractivity contribution in [1.82, 2.24) is 14.7 Å². The quantitative estimate of drug-likeness (QED) is 0.265. The average Bonchev–Trinajstić information content (AvgIpc) is 2.58. The van der Waals surface area contributed by atoms with Crippen LogP contribution in [0, 0.1) is 5.41 Å². The van der Waals surface area contributed by atoms with Gasteiger partial charge in [-0.15, -0.1) is 0 Å². The van der Waals surface area contributed by atoms with Gasteiger partial charge in [-0.1, -0.05) is 27.7 Å². The number of aliphatic carboxylic acids is 2. The Morgan fingerprint density at radius 3 is 1.75 bits per heavy atom. The van der Waals surface area contributed by atoms with Gasteiger partial charge in [0.25, 0.3) is 6.47 Å². The molecule has 0 heterocycles. The zero-order valence-corrected chi connectivity index (χ0v) is 17.2. The van der Waals surface area contributed by atoms with Crippen LogP contribution >= 0.6 is 0 Å². The number of ketones is 1. The van der Waals surface area contributed by atoms with E-state index in [1.165, 1.54) is 4.90 Å². The highest BCUT2D eigenvalue weighted by atomic mass is 16.5. The maximum absolute atomic E-state index is 12.4. The second kappa shape index (κ2) is 13.2. The average molecular weight is 403 g/mol. The summed E-state index contributed by atoms with van der Waals surface area (Å²) >= 11 is 0. The number of hydrogen-bond acceptors (Lipinski definition) is 8. The Bertz CT molecular complexity index is 520. The molecule has 0 aromatic rings. The fourth-order valence-corrected chi connectivity index (χ4v) is 2.33. The van der Waals surface area contributed by atoms with Crippen LogP contribution in [0.4, 0.5) is 0 Å². The molecule has 0 radical (unpaired) electrons. The van der Waals surface area contributed by atoms with Crippen LogP contribution in [0.2, 0.25) is 0 Å². The summed E-state index contributed by atoms with van der Waals surface area (Å²) in [5.74, 6) is -1.94. The lowest BCUT2D eigenvalue weighted by Crippen LogP contribution is -2.45. The van der Waals surface area contributed by atoms with Gasteiger partial charge in [0.15, 0.2) is 5.78 Å². The summed E-state index contributed by atoms with van der Waals surface area (Å²) in [5.41, 5.74) is -0.523. The number of likely N-dealkylation sites (N-methyl/N-ethyl adjacent to an activating group) is 1. The number of nitrogens with zero attached hydrogens (tertiary/aromatic N) is 3. The van der Waals surface area contributed by atoms with Gasteiger partial charge >= 0.3 is 11.9 Å². The topological polar surface area (TPSA) is 128 Å². The number of ether oxygens (including phenoxy) is 1.